The lowest BCUT2D eigenvalue weighted by molar-refractivity contribution is 0.720. The normalized spacial score (nSPS) is 20.9. The van der Waals surface area contributed by atoms with Crippen molar-refractivity contribution < 1.29 is 0 Å². The van der Waals surface area contributed by atoms with Gasteiger partial charge < -0.3 is 10.6 Å². The molecular weight excluding hydrogens is 194 g/mol. The Balaban J connectivity index is 1.84. The molecule has 1 aliphatic heterocycles. The second-order valence-electron chi connectivity index (χ2n) is 3.58. The van der Waals surface area contributed by atoms with Crippen molar-refractivity contribution in [1.29, 1.82) is 0 Å². The van der Waals surface area contributed by atoms with E-state index in [0.29, 0.717) is 11.7 Å². The molecule has 78 valence electrons. The van der Waals surface area contributed by atoms with Crippen molar-refractivity contribution >= 4 is 11.5 Å². The van der Waals surface area contributed by atoms with E-state index in [4.69, 9.17) is 0 Å². The van der Waals surface area contributed by atoms with E-state index in [9.17, 15) is 0 Å². The summed E-state index contributed by atoms with van der Waals surface area (Å²) in [6, 6.07) is 4.19. The van der Waals surface area contributed by atoms with Gasteiger partial charge in [0.25, 0.3) is 0 Å². The molecule has 2 aromatic rings. The maximum absolute atomic E-state index is 4.24. The van der Waals surface area contributed by atoms with Crippen LogP contribution >= 0.6 is 0 Å². The van der Waals surface area contributed by atoms with Crippen LogP contribution in [0.15, 0.2) is 12.1 Å². The summed E-state index contributed by atoms with van der Waals surface area (Å²) in [5, 5.41) is 21.9. The van der Waals surface area contributed by atoms with Gasteiger partial charge in [-0.2, -0.15) is 0 Å². The third-order valence-corrected chi connectivity index (χ3v) is 2.48. The maximum atomic E-state index is 4.24. The van der Waals surface area contributed by atoms with Gasteiger partial charge in [0.1, 0.15) is 5.82 Å². The van der Waals surface area contributed by atoms with E-state index in [0.717, 1.165) is 25.3 Å². The van der Waals surface area contributed by atoms with Crippen molar-refractivity contribution in [2.75, 3.05) is 18.4 Å². The molecule has 15 heavy (non-hydrogen) atoms. The number of fused-ring (bicyclic) bond motifs is 1. The Morgan fingerprint density at radius 1 is 1.47 bits per heavy atom. The first-order chi connectivity index (χ1) is 7.42. The SMILES string of the molecule is c1cc2nnnn2nc1NC1CCNC1. The molecule has 1 atom stereocenters. The number of nitrogens with one attached hydrogen (secondary N) is 2. The molecule has 0 amide bonds. The van der Waals surface area contributed by atoms with Gasteiger partial charge in [0.2, 0.25) is 0 Å². The van der Waals surface area contributed by atoms with Gasteiger partial charge in [0, 0.05) is 12.6 Å². The van der Waals surface area contributed by atoms with Crippen LogP contribution in [0.3, 0.4) is 0 Å². The second kappa shape index (κ2) is 3.43. The summed E-state index contributed by atoms with van der Waals surface area (Å²) in [6.07, 6.45) is 1.12. The van der Waals surface area contributed by atoms with Gasteiger partial charge in [-0.25, -0.2) is 0 Å². The van der Waals surface area contributed by atoms with Crippen molar-refractivity contribution in [3.8, 4) is 0 Å². The van der Waals surface area contributed by atoms with Crippen LogP contribution in [-0.2, 0) is 0 Å². The molecule has 2 N–H and O–H groups in total. The Bertz CT molecular complexity index is 459. The predicted octanol–water partition coefficient (Wildman–Crippen LogP) is -0.707. The third kappa shape index (κ3) is 1.61. The Morgan fingerprint density at radius 3 is 3.33 bits per heavy atom. The van der Waals surface area contributed by atoms with Crippen LogP contribution in [0, 0.1) is 0 Å². The topological polar surface area (TPSA) is 80.0 Å². The molecule has 1 unspecified atom stereocenters. The van der Waals surface area contributed by atoms with Gasteiger partial charge in [-0.1, -0.05) is 0 Å². The molecular formula is C8H11N7. The van der Waals surface area contributed by atoms with Crippen LogP contribution < -0.4 is 10.6 Å². The highest BCUT2D eigenvalue weighted by atomic mass is 15.6. The zero-order valence-corrected chi connectivity index (χ0v) is 8.09. The molecule has 0 aliphatic carbocycles. The number of aromatic nitrogens is 5. The second-order valence-corrected chi connectivity index (χ2v) is 3.58. The molecule has 2 aromatic heterocycles. The summed E-state index contributed by atoms with van der Waals surface area (Å²) in [5.74, 6) is 0.809. The minimum Gasteiger partial charge on any atom is -0.365 e. The highest BCUT2D eigenvalue weighted by Gasteiger charge is 2.14. The molecule has 3 rings (SSSR count). The smallest absolute Gasteiger partial charge is 0.200 e. The summed E-state index contributed by atoms with van der Waals surface area (Å²) in [7, 11) is 0. The van der Waals surface area contributed by atoms with E-state index < -0.39 is 0 Å². The van der Waals surface area contributed by atoms with Crippen molar-refractivity contribution in [2.24, 2.45) is 0 Å². The first-order valence-electron chi connectivity index (χ1n) is 4.94. The van der Waals surface area contributed by atoms with Crippen LogP contribution in [0.5, 0.6) is 0 Å². The van der Waals surface area contributed by atoms with E-state index in [1.54, 1.807) is 0 Å². The molecule has 7 nitrogen and oxygen atoms in total. The lowest BCUT2D eigenvalue weighted by atomic mass is 10.2. The minimum absolute atomic E-state index is 0.450. The average Bonchev–Trinajstić information content (AvgIpc) is 2.87. The number of rotatable bonds is 2. The molecule has 1 saturated heterocycles. The van der Waals surface area contributed by atoms with Gasteiger partial charge in [-0.3, -0.25) is 0 Å². The molecule has 0 spiro atoms. The fourth-order valence-electron chi connectivity index (χ4n) is 1.71. The van der Waals surface area contributed by atoms with Crippen LogP contribution in [0.2, 0.25) is 0 Å². The molecule has 0 aromatic carbocycles. The standard InChI is InChI=1S/C8H11N7/c1-2-8-11-13-14-15(8)12-7(1)10-6-3-4-9-5-6/h1-2,6,9H,3-5H2,(H,10,12). The quantitative estimate of drug-likeness (QED) is 0.674. The summed E-state index contributed by atoms with van der Waals surface area (Å²) >= 11 is 0. The maximum Gasteiger partial charge on any atom is 0.200 e. The zero-order chi connectivity index (χ0) is 10.1. The number of hydrogen-bond donors (Lipinski definition) is 2. The van der Waals surface area contributed by atoms with E-state index in [1.807, 2.05) is 12.1 Å². The highest BCUT2D eigenvalue weighted by Crippen LogP contribution is 2.08. The van der Waals surface area contributed by atoms with Crippen molar-refractivity contribution in [1.82, 2.24) is 30.6 Å². The fraction of sp³-hybridized carbons (Fsp3) is 0.500. The van der Waals surface area contributed by atoms with Crippen LogP contribution in [0.4, 0.5) is 5.82 Å². The molecule has 1 aliphatic rings. The van der Waals surface area contributed by atoms with E-state index >= 15 is 0 Å². The molecule has 7 heteroatoms. The Hall–Kier alpha value is -1.76. The molecule has 3 heterocycles. The largest absolute Gasteiger partial charge is 0.365 e. The Kier molecular flexibility index (Phi) is 1.95. The first-order valence-corrected chi connectivity index (χ1v) is 4.94. The highest BCUT2D eigenvalue weighted by molar-refractivity contribution is 5.42. The van der Waals surface area contributed by atoms with E-state index in [-0.39, 0.29) is 0 Å². The third-order valence-electron chi connectivity index (χ3n) is 2.48. The van der Waals surface area contributed by atoms with Gasteiger partial charge >= 0.3 is 0 Å². The summed E-state index contributed by atoms with van der Waals surface area (Å²) in [4.78, 5) is 0. The number of hydrogen-bond acceptors (Lipinski definition) is 6. The molecule has 0 saturated carbocycles. The van der Waals surface area contributed by atoms with Crippen molar-refractivity contribution in [2.45, 2.75) is 12.5 Å². The van der Waals surface area contributed by atoms with Crippen molar-refractivity contribution in [3.63, 3.8) is 0 Å². The van der Waals surface area contributed by atoms with E-state index in [1.165, 1.54) is 4.63 Å². The lowest BCUT2D eigenvalue weighted by Crippen LogP contribution is -2.23. The predicted molar refractivity (Wildman–Crippen MR) is 53.5 cm³/mol. The summed E-state index contributed by atoms with van der Waals surface area (Å²) in [6.45, 7) is 2.04. The van der Waals surface area contributed by atoms with Gasteiger partial charge in [-0.15, -0.1) is 14.8 Å². The van der Waals surface area contributed by atoms with Gasteiger partial charge in [0.05, 0.1) is 0 Å². The Morgan fingerprint density at radius 2 is 2.47 bits per heavy atom. The summed E-state index contributed by atoms with van der Waals surface area (Å²) in [5.41, 5.74) is 0.657. The number of tetrazole rings is 1. The fourth-order valence-corrected chi connectivity index (χ4v) is 1.71. The minimum atomic E-state index is 0.450. The monoisotopic (exact) mass is 205 g/mol. The lowest BCUT2D eigenvalue weighted by Gasteiger charge is -2.10. The number of nitrogens with zero attached hydrogens (tertiary/aromatic N) is 5. The van der Waals surface area contributed by atoms with Crippen molar-refractivity contribution in [3.05, 3.63) is 12.1 Å². The molecule has 0 bridgehead atoms. The number of anilines is 1. The molecule has 0 radical (unpaired) electrons. The zero-order valence-electron chi connectivity index (χ0n) is 8.09. The van der Waals surface area contributed by atoms with Crippen LogP contribution in [0.25, 0.3) is 5.65 Å². The van der Waals surface area contributed by atoms with Crippen LogP contribution in [-0.4, -0.2) is 44.4 Å². The molecule has 1 fully saturated rings. The average molecular weight is 205 g/mol. The Labute approximate surface area is 85.9 Å². The van der Waals surface area contributed by atoms with Gasteiger partial charge in [-0.05, 0) is 35.5 Å². The summed E-state index contributed by atoms with van der Waals surface area (Å²) < 4.78 is 1.42. The first kappa shape index (κ1) is 8.54. The van der Waals surface area contributed by atoms with Gasteiger partial charge in [0.15, 0.2) is 5.65 Å². The van der Waals surface area contributed by atoms with E-state index in [2.05, 4.69) is 31.3 Å². The van der Waals surface area contributed by atoms with Crippen LogP contribution in [0.1, 0.15) is 6.42 Å².